The lowest BCUT2D eigenvalue weighted by molar-refractivity contribution is 0.217. The third-order valence-electron chi connectivity index (χ3n) is 3.22. The lowest BCUT2D eigenvalue weighted by atomic mass is 10.3. The number of methoxy groups -OCH3 is 1. The lowest BCUT2D eigenvalue weighted by Crippen LogP contribution is -2.04. The van der Waals surface area contributed by atoms with E-state index >= 15 is 0 Å². The minimum atomic E-state index is -0.290. The standard InChI is InChI=1S/C16H15FN2O2/c1-10(21-13-6-4-12(20-2)5-7-13)16-18-14-8-3-11(17)9-15(14)19-16/h3-10H,1-2H3,(H,18,19)/t10-/m1/s1. The van der Waals surface area contributed by atoms with E-state index in [4.69, 9.17) is 9.47 Å². The molecule has 3 aromatic rings. The molecule has 0 unspecified atom stereocenters. The average Bonchev–Trinajstić information content (AvgIpc) is 2.91. The van der Waals surface area contributed by atoms with Crippen LogP contribution < -0.4 is 9.47 Å². The number of nitrogens with one attached hydrogen (secondary N) is 1. The normalized spacial score (nSPS) is 12.3. The Morgan fingerprint density at radius 1 is 1.10 bits per heavy atom. The van der Waals surface area contributed by atoms with Gasteiger partial charge in [-0.15, -0.1) is 0 Å². The highest BCUT2D eigenvalue weighted by atomic mass is 19.1. The summed E-state index contributed by atoms with van der Waals surface area (Å²) in [7, 11) is 1.62. The van der Waals surface area contributed by atoms with Crippen molar-refractivity contribution in [1.29, 1.82) is 0 Å². The van der Waals surface area contributed by atoms with Gasteiger partial charge in [0.2, 0.25) is 0 Å². The minimum absolute atomic E-state index is 0.270. The fraction of sp³-hybridized carbons (Fsp3) is 0.188. The van der Waals surface area contributed by atoms with Gasteiger partial charge in [-0.05, 0) is 49.4 Å². The third kappa shape index (κ3) is 2.81. The summed E-state index contributed by atoms with van der Waals surface area (Å²) >= 11 is 0. The maximum Gasteiger partial charge on any atom is 0.153 e. The summed E-state index contributed by atoms with van der Waals surface area (Å²) < 4.78 is 24.1. The second-order valence-corrected chi connectivity index (χ2v) is 4.72. The molecule has 0 fully saturated rings. The van der Waals surface area contributed by atoms with Gasteiger partial charge >= 0.3 is 0 Å². The van der Waals surface area contributed by atoms with E-state index in [1.165, 1.54) is 12.1 Å². The predicted molar refractivity (Wildman–Crippen MR) is 78.1 cm³/mol. The predicted octanol–water partition coefficient (Wildman–Crippen LogP) is 3.85. The highest BCUT2D eigenvalue weighted by molar-refractivity contribution is 5.75. The van der Waals surface area contributed by atoms with Gasteiger partial charge in [-0.2, -0.15) is 0 Å². The van der Waals surface area contributed by atoms with Gasteiger partial charge in [0.25, 0.3) is 0 Å². The van der Waals surface area contributed by atoms with E-state index in [0.29, 0.717) is 11.3 Å². The molecule has 3 rings (SSSR count). The molecule has 5 heteroatoms. The Hall–Kier alpha value is -2.56. The van der Waals surface area contributed by atoms with Crippen LogP contribution in [0.15, 0.2) is 42.5 Å². The molecule has 1 heterocycles. The summed E-state index contributed by atoms with van der Waals surface area (Å²) in [6.45, 7) is 1.89. The first kappa shape index (κ1) is 13.4. The number of hydrogen-bond acceptors (Lipinski definition) is 3. The van der Waals surface area contributed by atoms with Crippen molar-refractivity contribution in [2.75, 3.05) is 7.11 Å². The van der Waals surface area contributed by atoms with E-state index in [1.54, 1.807) is 13.2 Å². The zero-order chi connectivity index (χ0) is 14.8. The van der Waals surface area contributed by atoms with E-state index in [1.807, 2.05) is 31.2 Å². The molecule has 0 saturated heterocycles. The van der Waals surface area contributed by atoms with Gasteiger partial charge in [0.05, 0.1) is 18.1 Å². The Balaban J connectivity index is 1.80. The molecular formula is C16H15FN2O2. The van der Waals surface area contributed by atoms with Crippen molar-refractivity contribution in [2.24, 2.45) is 0 Å². The van der Waals surface area contributed by atoms with Crippen LogP contribution in [0.5, 0.6) is 11.5 Å². The van der Waals surface area contributed by atoms with Crippen LogP contribution in [0.1, 0.15) is 18.9 Å². The van der Waals surface area contributed by atoms with Gasteiger partial charge < -0.3 is 14.5 Å². The first-order chi connectivity index (χ1) is 10.2. The average molecular weight is 286 g/mol. The molecule has 0 aliphatic heterocycles. The molecule has 0 amide bonds. The number of rotatable bonds is 4. The molecule has 0 saturated carbocycles. The van der Waals surface area contributed by atoms with E-state index in [2.05, 4.69) is 9.97 Å². The van der Waals surface area contributed by atoms with Gasteiger partial charge in [-0.3, -0.25) is 0 Å². The van der Waals surface area contributed by atoms with Crippen molar-refractivity contribution in [3.05, 3.63) is 54.1 Å². The summed E-state index contributed by atoms with van der Waals surface area (Å²) in [5.74, 6) is 1.86. The van der Waals surface area contributed by atoms with Crippen LogP contribution in [-0.4, -0.2) is 17.1 Å². The highest BCUT2D eigenvalue weighted by Crippen LogP contribution is 2.24. The maximum absolute atomic E-state index is 13.2. The number of aromatic nitrogens is 2. The molecular weight excluding hydrogens is 271 g/mol. The number of imidazole rings is 1. The number of nitrogens with zero attached hydrogens (tertiary/aromatic N) is 1. The number of ether oxygens (including phenoxy) is 2. The van der Waals surface area contributed by atoms with Crippen LogP contribution in [-0.2, 0) is 0 Å². The molecule has 1 aromatic heterocycles. The number of halogens is 1. The molecule has 0 radical (unpaired) electrons. The third-order valence-corrected chi connectivity index (χ3v) is 3.22. The summed E-state index contributed by atoms with van der Waals surface area (Å²) in [4.78, 5) is 7.49. The second kappa shape index (κ2) is 5.44. The number of fused-ring (bicyclic) bond motifs is 1. The van der Waals surface area contributed by atoms with E-state index in [0.717, 1.165) is 17.0 Å². The molecule has 1 N–H and O–H groups in total. The van der Waals surface area contributed by atoms with E-state index in [-0.39, 0.29) is 11.9 Å². The summed E-state index contributed by atoms with van der Waals surface area (Å²) in [6, 6.07) is 11.8. The van der Waals surface area contributed by atoms with Gasteiger partial charge in [0.15, 0.2) is 6.10 Å². The molecule has 0 spiro atoms. The number of benzene rings is 2. The number of hydrogen-bond donors (Lipinski definition) is 1. The summed E-state index contributed by atoms with van der Waals surface area (Å²) in [5.41, 5.74) is 1.38. The van der Waals surface area contributed by atoms with Crippen LogP contribution in [0, 0.1) is 5.82 Å². The van der Waals surface area contributed by atoms with Gasteiger partial charge in [0, 0.05) is 0 Å². The van der Waals surface area contributed by atoms with Crippen molar-refractivity contribution >= 4 is 11.0 Å². The summed E-state index contributed by atoms with van der Waals surface area (Å²) in [5, 5.41) is 0. The van der Waals surface area contributed by atoms with Crippen LogP contribution >= 0.6 is 0 Å². The lowest BCUT2D eigenvalue weighted by Gasteiger charge is -2.12. The Labute approximate surface area is 121 Å². The number of aromatic amines is 1. The highest BCUT2D eigenvalue weighted by Gasteiger charge is 2.13. The zero-order valence-corrected chi connectivity index (χ0v) is 11.8. The van der Waals surface area contributed by atoms with Crippen molar-refractivity contribution in [3.8, 4) is 11.5 Å². The minimum Gasteiger partial charge on any atom is -0.497 e. The maximum atomic E-state index is 13.2. The van der Waals surface area contributed by atoms with Gasteiger partial charge in [-0.1, -0.05) is 0 Å². The van der Waals surface area contributed by atoms with Crippen molar-refractivity contribution in [3.63, 3.8) is 0 Å². The van der Waals surface area contributed by atoms with E-state index in [9.17, 15) is 4.39 Å². The Morgan fingerprint density at radius 2 is 1.81 bits per heavy atom. The molecule has 108 valence electrons. The molecule has 4 nitrogen and oxygen atoms in total. The Bertz CT molecular complexity index is 753. The van der Waals surface area contributed by atoms with Crippen molar-refractivity contribution in [1.82, 2.24) is 9.97 Å². The Kier molecular flexibility index (Phi) is 3.48. The van der Waals surface area contributed by atoms with Crippen LogP contribution in [0.2, 0.25) is 0 Å². The van der Waals surface area contributed by atoms with Crippen LogP contribution in [0.25, 0.3) is 11.0 Å². The summed E-state index contributed by atoms with van der Waals surface area (Å²) in [6.07, 6.45) is -0.270. The topological polar surface area (TPSA) is 47.1 Å². The fourth-order valence-corrected chi connectivity index (χ4v) is 2.11. The smallest absolute Gasteiger partial charge is 0.153 e. The largest absolute Gasteiger partial charge is 0.497 e. The molecule has 0 aliphatic rings. The van der Waals surface area contributed by atoms with E-state index < -0.39 is 0 Å². The van der Waals surface area contributed by atoms with Gasteiger partial charge in [0.1, 0.15) is 23.1 Å². The molecule has 0 bridgehead atoms. The van der Waals surface area contributed by atoms with Crippen molar-refractivity contribution < 1.29 is 13.9 Å². The molecule has 2 aromatic carbocycles. The Morgan fingerprint density at radius 3 is 2.52 bits per heavy atom. The number of H-pyrrole nitrogens is 1. The van der Waals surface area contributed by atoms with Gasteiger partial charge in [-0.25, -0.2) is 9.37 Å². The van der Waals surface area contributed by atoms with Crippen LogP contribution in [0.4, 0.5) is 4.39 Å². The first-order valence-corrected chi connectivity index (χ1v) is 6.61. The fourth-order valence-electron chi connectivity index (χ4n) is 2.11. The first-order valence-electron chi connectivity index (χ1n) is 6.61. The quantitative estimate of drug-likeness (QED) is 0.792. The van der Waals surface area contributed by atoms with Crippen molar-refractivity contribution in [2.45, 2.75) is 13.0 Å². The monoisotopic (exact) mass is 286 g/mol. The molecule has 0 aliphatic carbocycles. The zero-order valence-electron chi connectivity index (χ0n) is 11.8. The molecule has 1 atom stereocenters. The SMILES string of the molecule is COc1ccc(O[C@H](C)c2nc3ccc(F)cc3[nH]2)cc1. The van der Waals surface area contributed by atoms with Crippen LogP contribution in [0.3, 0.4) is 0 Å². The second-order valence-electron chi connectivity index (χ2n) is 4.72. The molecule has 21 heavy (non-hydrogen) atoms.